The highest BCUT2D eigenvalue weighted by Crippen LogP contribution is 2.22. The Labute approximate surface area is 73.5 Å². The molecular formula is C9H7NOS. The number of pyridine rings is 1. The monoisotopic (exact) mass is 177 g/mol. The van der Waals surface area contributed by atoms with Crippen molar-refractivity contribution in [1.82, 2.24) is 4.98 Å². The minimum absolute atomic E-state index is 0.0547. The number of aromatic nitrogens is 1. The molecule has 0 fully saturated rings. The Bertz CT molecular complexity index is 416. The van der Waals surface area contributed by atoms with Gasteiger partial charge in [0.05, 0.1) is 0 Å². The Hall–Kier alpha value is -1.35. The van der Waals surface area contributed by atoms with Gasteiger partial charge >= 0.3 is 0 Å². The summed E-state index contributed by atoms with van der Waals surface area (Å²) in [5.74, 6) is 0. The lowest BCUT2D eigenvalue weighted by Gasteiger charge is -1.93. The fraction of sp³-hybridized carbons (Fsp3) is 0. The van der Waals surface area contributed by atoms with E-state index in [9.17, 15) is 4.79 Å². The van der Waals surface area contributed by atoms with Crippen molar-refractivity contribution in [1.29, 1.82) is 0 Å². The van der Waals surface area contributed by atoms with Gasteiger partial charge in [-0.05, 0) is 23.1 Å². The van der Waals surface area contributed by atoms with Crippen LogP contribution < -0.4 is 5.56 Å². The van der Waals surface area contributed by atoms with Gasteiger partial charge in [-0.2, -0.15) is 0 Å². The summed E-state index contributed by atoms with van der Waals surface area (Å²) in [7, 11) is 0. The van der Waals surface area contributed by atoms with E-state index in [1.807, 2.05) is 23.6 Å². The third kappa shape index (κ3) is 1.31. The highest BCUT2D eigenvalue weighted by atomic mass is 32.1. The molecule has 0 saturated carbocycles. The Kier molecular flexibility index (Phi) is 1.80. The van der Waals surface area contributed by atoms with Crippen molar-refractivity contribution >= 4 is 11.3 Å². The number of rotatable bonds is 1. The number of aromatic amines is 1. The lowest BCUT2D eigenvalue weighted by molar-refractivity contribution is 1.24. The normalized spacial score (nSPS) is 10.0. The van der Waals surface area contributed by atoms with Crippen LogP contribution in [0.3, 0.4) is 0 Å². The molecule has 0 atom stereocenters. The smallest absolute Gasteiger partial charge is 0.248 e. The Balaban J connectivity index is 2.55. The van der Waals surface area contributed by atoms with Gasteiger partial charge in [0.25, 0.3) is 0 Å². The topological polar surface area (TPSA) is 32.9 Å². The van der Waals surface area contributed by atoms with Crippen LogP contribution >= 0.6 is 11.3 Å². The molecule has 0 unspecified atom stereocenters. The molecule has 0 aliphatic carbocycles. The summed E-state index contributed by atoms with van der Waals surface area (Å²) in [4.78, 5) is 14.6. The van der Waals surface area contributed by atoms with Gasteiger partial charge in [-0.15, -0.1) is 11.3 Å². The van der Waals surface area contributed by atoms with Crippen molar-refractivity contribution in [3.8, 4) is 10.4 Å². The molecule has 12 heavy (non-hydrogen) atoms. The Morgan fingerprint density at radius 3 is 2.92 bits per heavy atom. The second-order valence-electron chi connectivity index (χ2n) is 2.42. The van der Waals surface area contributed by atoms with Crippen LogP contribution in [0.5, 0.6) is 0 Å². The van der Waals surface area contributed by atoms with Gasteiger partial charge in [0, 0.05) is 17.1 Å². The van der Waals surface area contributed by atoms with Crippen molar-refractivity contribution in [3.05, 3.63) is 46.2 Å². The van der Waals surface area contributed by atoms with Crippen molar-refractivity contribution in [2.45, 2.75) is 0 Å². The first-order chi connectivity index (χ1) is 5.86. The van der Waals surface area contributed by atoms with Crippen LogP contribution in [0.2, 0.25) is 0 Å². The highest BCUT2D eigenvalue weighted by Gasteiger charge is 1.96. The third-order valence-electron chi connectivity index (χ3n) is 1.58. The predicted molar refractivity (Wildman–Crippen MR) is 50.4 cm³/mol. The molecule has 2 aromatic rings. The summed E-state index contributed by atoms with van der Waals surface area (Å²) in [5, 5.41) is 2.00. The maximum absolute atomic E-state index is 10.9. The first-order valence-corrected chi connectivity index (χ1v) is 4.47. The van der Waals surface area contributed by atoms with Crippen LogP contribution in [0.4, 0.5) is 0 Å². The van der Waals surface area contributed by atoms with Crippen LogP contribution in [0.15, 0.2) is 40.6 Å². The molecule has 60 valence electrons. The van der Waals surface area contributed by atoms with Gasteiger partial charge < -0.3 is 4.98 Å². The van der Waals surface area contributed by atoms with Gasteiger partial charge in [0.1, 0.15) is 0 Å². The van der Waals surface area contributed by atoms with Crippen LogP contribution in [-0.2, 0) is 0 Å². The molecule has 0 bridgehead atoms. The molecule has 0 spiro atoms. The van der Waals surface area contributed by atoms with E-state index in [2.05, 4.69) is 4.98 Å². The summed E-state index contributed by atoms with van der Waals surface area (Å²) in [6, 6.07) is 7.47. The molecule has 3 heteroatoms. The Morgan fingerprint density at radius 1 is 1.33 bits per heavy atom. The van der Waals surface area contributed by atoms with E-state index < -0.39 is 0 Å². The van der Waals surface area contributed by atoms with E-state index >= 15 is 0 Å². The first kappa shape index (κ1) is 7.31. The fourth-order valence-corrected chi connectivity index (χ4v) is 1.76. The first-order valence-electron chi connectivity index (χ1n) is 3.59. The molecule has 1 N–H and O–H groups in total. The maximum atomic E-state index is 10.9. The lowest BCUT2D eigenvalue weighted by Crippen LogP contribution is -2.01. The minimum atomic E-state index is -0.0547. The fourth-order valence-electron chi connectivity index (χ4n) is 1.04. The minimum Gasteiger partial charge on any atom is -0.329 e. The van der Waals surface area contributed by atoms with Gasteiger partial charge in [-0.3, -0.25) is 4.79 Å². The standard InChI is InChI=1S/C9H7NOS/c11-9-6-7(3-4-10-9)8-2-1-5-12-8/h1-6H,(H,10,11). The SMILES string of the molecule is O=c1cc(-c2cccs2)cc[nH]1. The number of thiophene rings is 1. The largest absolute Gasteiger partial charge is 0.329 e. The average molecular weight is 177 g/mol. The number of hydrogen-bond acceptors (Lipinski definition) is 2. The summed E-state index contributed by atoms with van der Waals surface area (Å²) >= 11 is 1.63. The molecule has 2 heterocycles. The third-order valence-corrected chi connectivity index (χ3v) is 2.50. The number of nitrogens with one attached hydrogen (secondary N) is 1. The number of H-pyrrole nitrogens is 1. The quantitative estimate of drug-likeness (QED) is 0.711. The molecule has 0 aromatic carbocycles. The summed E-state index contributed by atoms with van der Waals surface area (Å²) in [6.45, 7) is 0. The molecular weight excluding hydrogens is 170 g/mol. The zero-order chi connectivity index (χ0) is 8.39. The lowest BCUT2D eigenvalue weighted by atomic mass is 10.2. The van der Waals surface area contributed by atoms with E-state index in [0.29, 0.717) is 0 Å². The molecule has 0 aliphatic heterocycles. The van der Waals surface area contributed by atoms with Crippen LogP contribution in [-0.4, -0.2) is 4.98 Å². The van der Waals surface area contributed by atoms with E-state index in [1.54, 1.807) is 23.6 Å². The zero-order valence-corrected chi connectivity index (χ0v) is 7.10. The maximum Gasteiger partial charge on any atom is 0.248 e. The second-order valence-corrected chi connectivity index (χ2v) is 3.37. The summed E-state index contributed by atoms with van der Waals surface area (Å²) in [6.07, 6.45) is 1.66. The molecule has 0 radical (unpaired) electrons. The zero-order valence-electron chi connectivity index (χ0n) is 6.28. The van der Waals surface area contributed by atoms with E-state index in [4.69, 9.17) is 0 Å². The Morgan fingerprint density at radius 2 is 2.25 bits per heavy atom. The summed E-state index contributed by atoms with van der Waals surface area (Å²) < 4.78 is 0. The van der Waals surface area contributed by atoms with Gasteiger partial charge in [0.2, 0.25) is 5.56 Å². The van der Waals surface area contributed by atoms with Crippen molar-refractivity contribution in [3.63, 3.8) is 0 Å². The van der Waals surface area contributed by atoms with Crippen LogP contribution in [0, 0.1) is 0 Å². The number of hydrogen-bond donors (Lipinski definition) is 1. The van der Waals surface area contributed by atoms with E-state index in [0.717, 1.165) is 10.4 Å². The van der Waals surface area contributed by atoms with E-state index in [-0.39, 0.29) is 5.56 Å². The summed E-state index contributed by atoms with van der Waals surface area (Å²) in [5.41, 5.74) is 0.926. The van der Waals surface area contributed by atoms with Gasteiger partial charge in [0.15, 0.2) is 0 Å². The molecule has 0 amide bonds. The van der Waals surface area contributed by atoms with E-state index in [1.165, 1.54) is 0 Å². The molecule has 2 nitrogen and oxygen atoms in total. The van der Waals surface area contributed by atoms with Crippen LogP contribution in [0.25, 0.3) is 10.4 Å². The predicted octanol–water partition coefficient (Wildman–Crippen LogP) is 2.10. The molecule has 0 saturated heterocycles. The van der Waals surface area contributed by atoms with Crippen LogP contribution in [0.1, 0.15) is 0 Å². The highest BCUT2D eigenvalue weighted by molar-refractivity contribution is 7.13. The van der Waals surface area contributed by atoms with Crippen molar-refractivity contribution < 1.29 is 0 Å². The molecule has 2 rings (SSSR count). The second kappa shape index (κ2) is 2.95. The average Bonchev–Trinajstić information content (AvgIpc) is 2.56. The van der Waals surface area contributed by atoms with Crippen molar-refractivity contribution in [2.24, 2.45) is 0 Å². The molecule has 2 aromatic heterocycles. The molecule has 0 aliphatic rings. The van der Waals surface area contributed by atoms with Gasteiger partial charge in [-0.1, -0.05) is 6.07 Å². The van der Waals surface area contributed by atoms with Crippen molar-refractivity contribution in [2.75, 3.05) is 0 Å². The van der Waals surface area contributed by atoms with Gasteiger partial charge in [-0.25, -0.2) is 0 Å².